The van der Waals surface area contributed by atoms with Gasteiger partial charge < -0.3 is 15.5 Å². The third kappa shape index (κ3) is 3.13. The van der Waals surface area contributed by atoms with Crippen LogP contribution in [0.3, 0.4) is 0 Å². The summed E-state index contributed by atoms with van der Waals surface area (Å²) in [6.07, 6.45) is 1.92. The monoisotopic (exact) mass is 346 g/mol. The van der Waals surface area contributed by atoms with Gasteiger partial charge in [0.15, 0.2) is 0 Å². The molecule has 0 unspecified atom stereocenters. The number of benzene rings is 1. The first-order chi connectivity index (χ1) is 10.1. The van der Waals surface area contributed by atoms with E-state index in [0.717, 1.165) is 42.2 Å². The maximum atomic E-state index is 5.86. The Morgan fingerprint density at radius 1 is 1.10 bits per heavy atom. The molecule has 4 nitrogen and oxygen atoms in total. The molecule has 0 spiro atoms. The summed E-state index contributed by atoms with van der Waals surface area (Å²) in [6, 6.07) is 10.2. The molecule has 1 aliphatic heterocycles. The predicted molar refractivity (Wildman–Crippen MR) is 92.0 cm³/mol. The van der Waals surface area contributed by atoms with Crippen LogP contribution < -0.4 is 15.5 Å². The van der Waals surface area contributed by atoms with Crippen molar-refractivity contribution in [3.05, 3.63) is 46.6 Å². The van der Waals surface area contributed by atoms with Crippen molar-refractivity contribution < 1.29 is 0 Å². The second kappa shape index (κ2) is 5.93. The fourth-order valence-corrected chi connectivity index (χ4v) is 3.37. The smallest absolute Gasteiger partial charge is 0.142 e. The molecule has 3 rings (SSSR count). The molecule has 110 valence electrons. The van der Waals surface area contributed by atoms with Gasteiger partial charge >= 0.3 is 0 Å². The molecule has 5 heteroatoms. The third-order valence-electron chi connectivity index (χ3n) is 3.77. The van der Waals surface area contributed by atoms with E-state index in [9.17, 15) is 0 Å². The molecule has 0 amide bonds. The molecule has 2 N–H and O–H groups in total. The van der Waals surface area contributed by atoms with Crippen LogP contribution in [0, 0.1) is 6.92 Å². The largest absolute Gasteiger partial charge is 0.399 e. The van der Waals surface area contributed by atoms with Crippen molar-refractivity contribution >= 4 is 33.1 Å². The molecule has 21 heavy (non-hydrogen) atoms. The summed E-state index contributed by atoms with van der Waals surface area (Å²) in [6.45, 7) is 5.93. The Morgan fingerprint density at radius 3 is 2.48 bits per heavy atom. The van der Waals surface area contributed by atoms with Crippen LogP contribution in [-0.2, 0) is 0 Å². The van der Waals surface area contributed by atoms with E-state index in [0.29, 0.717) is 0 Å². The molecule has 0 aliphatic carbocycles. The minimum atomic E-state index is 0.817. The fourth-order valence-electron chi connectivity index (χ4n) is 2.66. The van der Waals surface area contributed by atoms with E-state index in [1.54, 1.807) is 0 Å². The quantitative estimate of drug-likeness (QED) is 0.849. The summed E-state index contributed by atoms with van der Waals surface area (Å²) in [5, 5.41) is 0. The van der Waals surface area contributed by atoms with Gasteiger partial charge in [0.2, 0.25) is 0 Å². The number of rotatable bonds is 2. The van der Waals surface area contributed by atoms with Crippen molar-refractivity contribution in [2.24, 2.45) is 0 Å². The molecular weight excluding hydrogens is 328 g/mol. The number of hydrogen-bond donors (Lipinski definition) is 1. The molecule has 1 aromatic carbocycles. The lowest BCUT2D eigenvalue weighted by molar-refractivity contribution is 0.646. The van der Waals surface area contributed by atoms with Crippen molar-refractivity contribution in [3.63, 3.8) is 0 Å². The predicted octanol–water partition coefficient (Wildman–Crippen LogP) is 3.06. The Bertz CT molecular complexity index is 636. The molecule has 1 aliphatic rings. The van der Waals surface area contributed by atoms with Gasteiger partial charge in [0.25, 0.3) is 0 Å². The van der Waals surface area contributed by atoms with Gasteiger partial charge in [-0.1, -0.05) is 6.07 Å². The van der Waals surface area contributed by atoms with Gasteiger partial charge in [-0.2, -0.15) is 0 Å². The van der Waals surface area contributed by atoms with Crippen LogP contribution >= 0.6 is 15.9 Å². The van der Waals surface area contributed by atoms with E-state index in [4.69, 9.17) is 5.73 Å². The number of halogens is 1. The summed E-state index contributed by atoms with van der Waals surface area (Å²) in [5.41, 5.74) is 9.05. The first-order valence-electron chi connectivity index (χ1n) is 7.11. The van der Waals surface area contributed by atoms with Gasteiger partial charge in [0.05, 0.1) is 4.47 Å². The number of aromatic nitrogens is 1. The summed E-state index contributed by atoms with van der Waals surface area (Å²) in [5.74, 6) is 1.04. The number of nitrogen functional groups attached to an aromatic ring is 1. The third-order valence-corrected chi connectivity index (χ3v) is 4.36. The number of pyridine rings is 1. The molecule has 0 atom stereocenters. The number of anilines is 3. The van der Waals surface area contributed by atoms with Crippen LogP contribution in [-0.4, -0.2) is 31.2 Å². The summed E-state index contributed by atoms with van der Waals surface area (Å²) < 4.78 is 1.07. The lowest BCUT2D eigenvalue weighted by Crippen LogP contribution is -2.47. The van der Waals surface area contributed by atoms with Crippen LogP contribution in [0.1, 0.15) is 5.56 Å². The molecule has 0 radical (unpaired) electrons. The standard InChI is InChI=1S/C16H19BrN4/c1-12-9-15(17)16(19-11-12)21-7-5-20(6-8-21)14-4-2-3-13(18)10-14/h2-4,9-11H,5-8,18H2,1H3. The average Bonchev–Trinajstić information content (AvgIpc) is 2.47. The van der Waals surface area contributed by atoms with E-state index in [2.05, 4.69) is 49.8 Å². The van der Waals surface area contributed by atoms with Crippen molar-refractivity contribution in [1.82, 2.24) is 4.98 Å². The molecule has 1 saturated heterocycles. The molecule has 2 heterocycles. The van der Waals surface area contributed by atoms with Crippen LogP contribution in [0.15, 0.2) is 41.0 Å². The maximum absolute atomic E-state index is 5.86. The highest BCUT2D eigenvalue weighted by Gasteiger charge is 2.20. The molecule has 1 fully saturated rings. The highest BCUT2D eigenvalue weighted by Crippen LogP contribution is 2.26. The number of nitrogens with two attached hydrogens (primary N) is 1. The van der Waals surface area contributed by atoms with Crippen molar-refractivity contribution in [3.8, 4) is 0 Å². The Kier molecular flexibility index (Phi) is 4.01. The number of nitrogens with zero attached hydrogens (tertiary/aromatic N) is 3. The van der Waals surface area contributed by atoms with Crippen LogP contribution in [0.5, 0.6) is 0 Å². The number of piperazine rings is 1. The highest BCUT2D eigenvalue weighted by molar-refractivity contribution is 9.10. The molecule has 1 aromatic heterocycles. The van der Waals surface area contributed by atoms with E-state index in [1.807, 2.05) is 24.4 Å². The zero-order chi connectivity index (χ0) is 14.8. The Morgan fingerprint density at radius 2 is 1.81 bits per heavy atom. The van der Waals surface area contributed by atoms with Gasteiger partial charge in [-0.3, -0.25) is 0 Å². The highest BCUT2D eigenvalue weighted by atomic mass is 79.9. The molecular formula is C16H19BrN4. The minimum absolute atomic E-state index is 0.817. The van der Waals surface area contributed by atoms with E-state index < -0.39 is 0 Å². The zero-order valence-corrected chi connectivity index (χ0v) is 13.7. The summed E-state index contributed by atoms with van der Waals surface area (Å²) in [7, 11) is 0. The van der Waals surface area contributed by atoms with E-state index in [-0.39, 0.29) is 0 Å². The van der Waals surface area contributed by atoms with Gasteiger partial charge in [0, 0.05) is 43.8 Å². The average molecular weight is 347 g/mol. The second-order valence-electron chi connectivity index (χ2n) is 5.39. The lowest BCUT2D eigenvalue weighted by Gasteiger charge is -2.37. The van der Waals surface area contributed by atoms with Crippen molar-refractivity contribution in [1.29, 1.82) is 0 Å². The van der Waals surface area contributed by atoms with E-state index >= 15 is 0 Å². The minimum Gasteiger partial charge on any atom is -0.399 e. The first kappa shape index (κ1) is 14.2. The van der Waals surface area contributed by atoms with Crippen LogP contribution in [0.2, 0.25) is 0 Å². The summed E-state index contributed by atoms with van der Waals surface area (Å²) >= 11 is 3.62. The van der Waals surface area contributed by atoms with Gasteiger partial charge in [-0.25, -0.2) is 4.98 Å². The van der Waals surface area contributed by atoms with Crippen LogP contribution in [0.4, 0.5) is 17.2 Å². The number of aryl methyl sites for hydroxylation is 1. The SMILES string of the molecule is Cc1cnc(N2CCN(c3cccc(N)c3)CC2)c(Br)c1. The van der Waals surface area contributed by atoms with Gasteiger partial charge in [-0.15, -0.1) is 0 Å². The van der Waals surface area contributed by atoms with Crippen molar-refractivity contribution in [2.45, 2.75) is 6.92 Å². The van der Waals surface area contributed by atoms with Crippen molar-refractivity contribution in [2.75, 3.05) is 41.7 Å². The van der Waals surface area contributed by atoms with Gasteiger partial charge in [-0.05, 0) is 52.7 Å². The normalized spacial score (nSPS) is 15.3. The summed E-state index contributed by atoms with van der Waals surface area (Å²) in [4.78, 5) is 9.25. The van der Waals surface area contributed by atoms with Gasteiger partial charge in [0.1, 0.15) is 5.82 Å². The Labute approximate surface area is 133 Å². The molecule has 0 bridgehead atoms. The molecule has 2 aromatic rings. The lowest BCUT2D eigenvalue weighted by atomic mass is 10.2. The van der Waals surface area contributed by atoms with Crippen LogP contribution in [0.25, 0.3) is 0 Å². The number of hydrogen-bond acceptors (Lipinski definition) is 4. The van der Waals surface area contributed by atoms with E-state index in [1.165, 1.54) is 11.3 Å². The Balaban J connectivity index is 1.70. The zero-order valence-electron chi connectivity index (χ0n) is 12.1. The fraction of sp³-hybridized carbons (Fsp3) is 0.312. The topological polar surface area (TPSA) is 45.4 Å². The Hall–Kier alpha value is -1.75. The molecule has 0 saturated carbocycles. The maximum Gasteiger partial charge on any atom is 0.142 e. The second-order valence-corrected chi connectivity index (χ2v) is 6.24. The first-order valence-corrected chi connectivity index (χ1v) is 7.90.